The zero-order valence-corrected chi connectivity index (χ0v) is 16.3. The zero-order valence-electron chi connectivity index (χ0n) is 16.3. The van der Waals surface area contributed by atoms with Crippen LogP contribution in [0, 0.1) is 20.8 Å². The lowest BCUT2D eigenvalue weighted by Crippen LogP contribution is -2.29. The Labute approximate surface area is 155 Å². The summed E-state index contributed by atoms with van der Waals surface area (Å²) in [6.45, 7) is 11.5. The van der Waals surface area contributed by atoms with Gasteiger partial charge in [-0.1, -0.05) is 25.1 Å². The highest BCUT2D eigenvalue weighted by atomic mass is 16.5. The van der Waals surface area contributed by atoms with Crippen LogP contribution in [0.3, 0.4) is 0 Å². The molecule has 1 heterocycles. The Hall–Kier alpha value is -2.40. The molecule has 1 aromatic carbocycles. The summed E-state index contributed by atoms with van der Waals surface area (Å²) >= 11 is 0. The second kappa shape index (κ2) is 8.81. The first kappa shape index (κ1) is 19.9. The zero-order chi connectivity index (χ0) is 19.3. The molecule has 140 valence electrons. The van der Waals surface area contributed by atoms with Crippen LogP contribution in [0.2, 0.25) is 0 Å². The summed E-state index contributed by atoms with van der Waals surface area (Å²) in [5, 5.41) is 2.94. The molecule has 0 saturated heterocycles. The maximum absolute atomic E-state index is 13.0. The van der Waals surface area contributed by atoms with E-state index in [1.54, 1.807) is 0 Å². The van der Waals surface area contributed by atoms with Gasteiger partial charge in [0.2, 0.25) is 0 Å². The Morgan fingerprint density at radius 1 is 1.15 bits per heavy atom. The average molecular weight is 356 g/mol. The smallest absolute Gasteiger partial charge is 0.261 e. The lowest BCUT2D eigenvalue weighted by Gasteiger charge is -2.20. The average Bonchev–Trinajstić information content (AvgIpc) is 2.59. The normalized spacial score (nSPS) is 10.8. The number of rotatable bonds is 7. The number of amides is 1. The third-order valence-corrected chi connectivity index (χ3v) is 4.57. The predicted molar refractivity (Wildman–Crippen MR) is 105 cm³/mol. The number of carbonyl (C=O) groups excluding carboxylic acids is 1. The van der Waals surface area contributed by atoms with Crippen molar-refractivity contribution >= 4 is 11.6 Å². The Morgan fingerprint density at radius 2 is 1.81 bits per heavy atom. The Bertz CT molecular complexity index is 833. The van der Waals surface area contributed by atoms with E-state index in [1.165, 1.54) is 6.07 Å². The minimum absolute atomic E-state index is 0.220. The van der Waals surface area contributed by atoms with Gasteiger partial charge in [-0.15, -0.1) is 0 Å². The van der Waals surface area contributed by atoms with Crippen LogP contribution in [0.25, 0.3) is 0 Å². The molecule has 1 N–H and O–H groups in total. The van der Waals surface area contributed by atoms with Crippen LogP contribution in [0.5, 0.6) is 0 Å². The number of anilines is 1. The van der Waals surface area contributed by atoms with E-state index in [4.69, 9.17) is 4.74 Å². The molecule has 0 spiro atoms. The van der Waals surface area contributed by atoms with E-state index in [2.05, 4.69) is 5.32 Å². The summed E-state index contributed by atoms with van der Waals surface area (Å²) in [5.74, 6) is -0.352. The highest BCUT2D eigenvalue weighted by Crippen LogP contribution is 2.21. The maximum Gasteiger partial charge on any atom is 0.261 e. The molecule has 26 heavy (non-hydrogen) atoms. The van der Waals surface area contributed by atoms with Gasteiger partial charge in [-0.05, 0) is 45.2 Å². The molecule has 0 fully saturated rings. The summed E-state index contributed by atoms with van der Waals surface area (Å²) in [7, 11) is 0. The van der Waals surface area contributed by atoms with Crippen LogP contribution >= 0.6 is 0 Å². The summed E-state index contributed by atoms with van der Waals surface area (Å²) in [5.41, 5.74) is 4.28. The van der Waals surface area contributed by atoms with Crippen molar-refractivity contribution in [3.8, 4) is 0 Å². The van der Waals surface area contributed by atoms with Crippen molar-refractivity contribution in [1.82, 2.24) is 4.57 Å². The first-order chi connectivity index (χ1) is 12.4. The first-order valence-electron chi connectivity index (χ1n) is 9.09. The molecular weight excluding hydrogens is 328 g/mol. The second-order valence-electron chi connectivity index (χ2n) is 6.39. The molecule has 0 saturated carbocycles. The third kappa shape index (κ3) is 4.22. The number of ether oxygens (including phenoxy) is 1. The Morgan fingerprint density at radius 3 is 2.38 bits per heavy atom. The molecule has 0 aliphatic rings. The monoisotopic (exact) mass is 356 g/mol. The summed E-state index contributed by atoms with van der Waals surface area (Å²) < 4.78 is 7.46. The quantitative estimate of drug-likeness (QED) is 0.771. The number of nitrogens with zero attached hydrogens (tertiary/aromatic N) is 1. The van der Waals surface area contributed by atoms with E-state index in [0.717, 1.165) is 28.2 Å². The minimum Gasteiger partial charge on any atom is -0.380 e. The molecule has 0 bridgehead atoms. The maximum atomic E-state index is 13.0. The summed E-state index contributed by atoms with van der Waals surface area (Å²) in [4.78, 5) is 25.6. The number of hydrogen-bond acceptors (Lipinski definition) is 3. The van der Waals surface area contributed by atoms with E-state index in [1.807, 2.05) is 57.4 Å². The van der Waals surface area contributed by atoms with Crippen molar-refractivity contribution in [3.05, 3.63) is 62.6 Å². The SMILES string of the molecule is CCOCCn1c(C)cc(=O)c(C(=O)Nc2c(C)cccc2C)c1CC. The van der Waals surface area contributed by atoms with Crippen LogP contribution < -0.4 is 10.7 Å². The van der Waals surface area contributed by atoms with Gasteiger partial charge in [0, 0.05) is 36.3 Å². The first-order valence-corrected chi connectivity index (χ1v) is 9.09. The fourth-order valence-electron chi connectivity index (χ4n) is 3.24. The Balaban J connectivity index is 2.45. The molecule has 0 aliphatic carbocycles. The van der Waals surface area contributed by atoms with Gasteiger partial charge in [0.05, 0.1) is 6.61 Å². The van der Waals surface area contributed by atoms with E-state index < -0.39 is 0 Å². The number of aryl methyl sites for hydroxylation is 3. The van der Waals surface area contributed by atoms with Gasteiger partial charge in [-0.25, -0.2) is 0 Å². The highest BCUT2D eigenvalue weighted by Gasteiger charge is 2.20. The largest absolute Gasteiger partial charge is 0.380 e. The van der Waals surface area contributed by atoms with Gasteiger partial charge < -0.3 is 14.6 Å². The molecule has 0 radical (unpaired) electrons. The van der Waals surface area contributed by atoms with Gasteiger partial charge >= 0.3 is 0 Å². The lowest BCUT2D eigenvalue weighted by atomic mass is 10.1. The number of benzene rings is 1. The summed E-state index contributed by atoms with van der Waals surface area (Å²) in [6.07, 6.45) is 0.596. The van der Waals surface area contributed by atoms with Gasteiger partial charge in [0.25, 0.3) is 5.91 Å². The van der Waals surface area contributed by atoms with Gasteiger partial charge in [-0.3, -0.25) is 9.59 Å². The van der Waals surface area contributed by atoms with Crippen molar-refractivity contribution in [2.75, 3.05) is 18.5 Å². The molecule has 5 nitrogen and oxygen atoms in total. The minimum atomic E-state index is -0.352. The molecule has 0 unspecified atom stereocenters. The molecular formula is C21H28N2O3. The molecule has 2 aromatic rings. The van der Waals surface area contributed by atoms with Crippen molar-refractivity contribution < 1.29 is 9.53 Å². The van der Waals surface area contributed by atoms with Crippen LogP contribution in [0.15, 0.2) is 29.1 Å². The molecule has 5 heteroatoms. The molecule has 1 amide bonds. The molecule has 1 aromatic heterocycles. The van der Waals surface area contributed by atoms with Crippen LogP contribution in [0.1, 0.15) is 46.7 Å². The lowest BCUT2D eigenvalue weighted by molar-refractivity contribution is 0.102. The Kier molecular flexibility index (Phi) is 6.75. The standard InChI is InChI=1S/C21H28N2O3/c1-6-17-19(18(24)13-16(5)23(17)11-12-26-7-2)21(25)22-20-14(3)9-8-10-15(20)4/h8-10,13H,6-7,11-12H2,1-5H3,(H,22,25). The van der Waals surface area contributed by atoms with Crippen molar-refractivity contribution in [1.29, 1.82) is 0 Å². The van der Waals surface area contributed by atoms with Crippen molar-refractivity contribution in [2.24, 2.45) is 0 Å². The van der Waals surface area contributed by atoms with Crippen LogP contribution in [-0.2, 0) is 17.7 Å². The number of para-hydroxylation sites is 1. The topological polar surface area (TPSA) is 60.3 Å². The van der Waals surface area contributed by atoms with E-state index in [9.17, 15) is 9.59 Å². The highest BCUT2D eigenvalue weighted by molar-refractivity contribution is 6.05. The fourth-order valence-corrected chi connectivity index (χ4v) is 3.24. The van der Waals surface area contributed by atoms with Gasteiger partial charge in [0.15, 0.2) is 5.43 Å². The molecule has 2 rings (SSSR count). The van der Waals surface area contributed by atoms with Crippen LogP contribution in [0.4, 0.5) is 5.69 Å². The number of aromatic nitrogens is 1. The number of nitrogens with one attached hydrogen (secondary N) is 1. The number of pyridine rings is 1. The third-order valence-electron chi connectivity index (χ3n) is 4.57. The van der Waals surface area contributed by atoms with E-state index in [0.29, 0.717) is 26.2 Å². The fraction of sp³-hybridized carbons (Fsp3) is 0.429. The van der Waals surface area contributed by atoms with E-state index in [-0.39, 0.29) is 16.9 Å². The second-order valence-corrected chi connectivity index (χ2v) is 6.39. The van der Waals surface area contributed by atoms with E-state index >= 15 is 0 Å². The molecule has 0 aliphatic heterocycles. The van der Waals surface area contributed by atoms with Crippen molar-refractivity contribution in [2.45, 2.75) is 47.6 Å². The predicted octanol–water partition coefficient (Wildman–Crippen LogP) is 3.62. The number of carbonyl (C=O) groups is 1. The number of hydrogen-bond donors (Lipinski definition) is 1. The van der Waals surface area contributed by atoms with Gasteiger partial charge in [-0.2, -0.15) is 0 Å². The molecule has 0 atom stereocenters. The van der Waals surface area contributed by atoms with Gasteiger partial charge in [0.1, 0.15) is 5.56 Å². The van der Waals surface area contributed by atoms with Crippen LogP contribution in [-0.4, -0.2) is 23.7 Å². The van der Waals surface area contributed by atoms with Crippen molar-refractivity contribution in [3.63, 3.8) is 0 Å². The summed E-state index contributed by atoms with van der Waals surface area (Å²) in [6, 6.07) is 7.37.